The van der Waals surface area contributed by atoms with Gasteiger partial charge in [0.1, 0.15) is 0 Å². The van der Waals surface area contributed by atoms with E-state index in [-0.39, 0.29) is 5.92 Å². The van der Waals surface area contributed by atoms with Crippen molar-refractivity contribution >= 4 is 21.9 Å². The second kappa shape index (κ2) is 6.01. The van der Waals surface area contributed by atoms with Crippen molar-refractivity contribution in [1.29, 1.82) is 0 Å². The van der Waals surface area contributed by atoms with E-state index in [1.54, 1.807) is 0 Å². The molecule has 0 saturated heterocycles. The van der Waals surface area contributed by atoms with Gasteiger partial charge in [0.05, 0.1) is 5.92 Å². The number of rotatable bonds is 5. The molecule has 1 aromatic rings. The molecule has 1 N–H and O–H groups in total. The molecule has 0 spiro atoms. The minimum atomic E-state index is -0.739. The summed E-state index contributed by atoms with van der Waals surface area (Å²) in [6.45, 7) is 0.561. The van der Waals surface area contributed by atoms with Gasteiger partial charge in [0.2, 0.25) is 0 Å². The molecule has 0 aliphatic heterocycles. The van der Waals surface area contributed by atoms with E-state index in [0.29, 0.717) is 13.0 Å². The molecule has 1 rings (SSSR count). The van der Waals surface area contributed by atoms with Gasteiger partial charge in [-0.15, -0.1) is 0 Å². The highest BCUT2D eigenvalue weighted by atomic mass is 79.9. The number of nitrogens with zero attached hydrogens (tertiary/aromatic N) is 1. The first-order valence-corrected chi connectivity index (χ1v) is 5.90. The Morgan fingerprint density at radius 2 is 1.94 bits per heavy atom. The molecule has 0 fully saturated rings. The molecule has 88 valence electrons. The van der Waals surface area contributed by atoms with Gasteiger partial charge < -0.3 is 10.0 Å². The first-order valence-electron chi connectivity index (χ1n) is 5.11. The lowest BCUT2D eigenvalue weighted by atomic mass is 9.99. The highest BCUT2D eigenvalue weighted by Crippen LogP contribution is 2.14. The van der Waals surface area contributed by atoms with Crippen LogP contribution in [0.4, 0.5) is 0 Å². The largest absolute Gasteiger partial charge is 0.481 e. The average molecular weight is 286 g/mol. The maximum Gasteiger partial charge on any atom is 0.308 e. The van der Waals surface area contributed by atoms with Crippen LogP contribution >= 0.6 is 15.9 Å². The Morgan fingerprint density at radius 1 is 1.38 bits per heavy atom. The highest BCUT2D eigenvalue weighted by molar-refractivity contribution is 9.10. The predicted molar refractivity (Wildman–Crippen MR) is 67.5 cm³/mol. The van der Waals surface area contributed by atoms with Crippen LogP contribution in [-0.4, -0.2) is 36.6 Å². The van der Waals surface area contributed by atoms with Crippen molar-refractivity contribution in [3.63, 3.8) is 0 Å². The van der Waals surface area contributed by atoms with E-state index < -0.39 is 5.97 Å². The van der Waals surface area contributed by atoms with E-state index in [1.807, 2.05) is 43.3 Å². The summed E-state index contributed by atoms with van der Waals surface area (Å²) in [5.74, 6) is -1.09. The topological polar surface area (TPSA) is 40.5 Å². The van der Waals surface area contributed by atoms with E-state index in [1.165, 1.54) is 0 Å². The molecule has 1 unspecified atom stereocenters. The summed E-state index contributed by atoms with van der Waals surface area (Å²) in [5.41, 5.74) is 1.05. The SMILES string of the molecule is CN(C)CC(Cc1ccc(Br)cc1)C(=O)O. The van der Waals surface area contributed by atoms with Crippen molar-refractivity contribution in [2.24, 2.45) is 5.92 Å². The molecule has 16 heavy (non-hydrogen) atoms. The van der Waals surface area contributed by atoms with Crippen molar-refractivity contribution in [3.05, 3.63) is 34.3 Å². The molecular weight excluding hydrogens is 270 g/mol. The Bertz CT molecular complexity index is 349. The Hall–Kier alpha value is -0.870. The smallest absolute Gasteiger partial charge is 0.308 e. The second-order valence-electron chi connectivity index (χ2n) is 4.13. The first-order chi connectivity index (χ1) is 7.49. The van der Waals surface area contributed by atoms with Gasteiger partial charge in [-0.25, -0.2) is 0 Å². The third-order valence-electron chi connectivity index (χ3n) is 2.33. The number of hydrogen-bond acceptors (Lipinski definition) is 2. The summed E-state index contributed by atoms with van der Waals surface area (Å²) in [4.78, 5) is 13.0. The van der Waals surface area contributed by atoms with Gasteiger partial charge in [-0.2, -0.15) is 0 Å². The molecule has 0 aliphatic carbocycles. The van der Waals surface area contributed by atoms with Gasteiger partial charge in [0, 0.05) is 11.0 Å². The molecule has 3 nitrogen and oxygen atoms in total. The number of carboxylic acid groups (broad SMARTS) is 1. The van der Waals surface area contributed by atoms with E-state index in [4.69, 9.17) is 5.11 Å². The van der Waals surface area contributed by atoms with Crippen LogP contribution in [0.15, 0.2) is 28.7 Å². The molecule has 0 aromatic heterocycles. The van der Waals surface area contributed by atoms with Crippen LogP contribution in [-0.2, 0) is 11.2 Å². The van der Waals surface area contributed by atoms with Gasteiger partial charge in [-0.1, -0.05) is 28.1 Å². The summed E-state index contributed by atoms with van der Waals surface area (Å²) in [6, 6.07) is 7.78. The normalized spacial score (nSPS) is 12.8. The number of hydrogen-bond donors (Lipinski definition) is 1. The fourth-order valence-corrected chi connectivity index (χ4v) is 1.84. The molecular formula is C12H16BrNO2. The Kier molecular flexibility index (Phi) is 4.96. The van der Waals surface area contributed by atoms with Crippen LogP contribution in [0.1, 0.15) is 5.56 Å². The van der Waals surface area contributed by atoms with Crippen molar-refractivity contribution < 1.29 is 9.90 Å². The Balaban J connectivity index is 2.68. The number of aliphatic carboxylic acids is 1. The van der Waals surface area contributed by atoms with Crippen molar-refractivity contribution in [2.75, 3.05) is 20.6 Å². The quantitative estimate of drug-likeness (QED) is 0.902. The molecule has 0 radical (unpaired) electrons. The monoisotopic (exact) mass is 285 g/mol. The average Bonchev–Trinajstić information content (AvgIpc) is 2.19. The maximum atomic E-state index is 11.1. The van der Waals surface area contributed by atoms with Gasteiger partial charge in [0.25, 0.3) is 0 Å². The van der Waals surface area contributed by atoms with Crippen LogP contribution in [0, 0.1) is 5.92 Å². The number of carbonyl (C=O) groups is 1. The lowest BCUT2D eigenvalue weighted by Gasteiger charge is -2.17. The molecule has 0 amide bonds. The van der Waals surface area contributed by atoms with E-state index >= 15 is 0 Å². The molecule has 0 bridgehead atoms. The summed E-state index contributed by atoms with van der Waals surface area (Å²) in [6.07, 6.45) is 0.570. The summed E-state index contributed by atoms with van der Waals surface area (Å²) < 4.78 is 1.01. The van der Waals surface area contributed by atoms with Crippen LogP contribution < -0.4 is 0 Å². The summed E-state index contributed by atoms with van der Waals surface area (Å²) in [5, 5.41) is 9.10. The van der Waals surface area contributed by atoms with Crippen LogP contribution in [0.5, 0.6) is 0 Å². The molecule has 1 atom stereocenters. The zero-order valence-electron chi connectivity index (χ0n) is 9.48. The minimum absolute atomic E-state index is 0.351. The number of carboxylic acids is 1. The maximum absolute atomic E-state index is 11.1. The highest BCUT2D eigenvalue weighted by Gasteiger charge is 2.18. The van der Waals surface area contributed by atoms with Crippen molar-refractivity contribution in [1.82, 2.24) is 4.90 Å². The van der Waals surface area contributed by atoms with Gasteiger partial charge in [-0.3, -0.25) is 4.79 Å². The minimum Gasteiger partial charge on any atom is -0.481 e. The molecule has 0 aliphatic rings. The van der Waals surface area contributed by atoms with E-state index in [9.17, 15) is 4.79 Å². The van der Waals surface area contributed by atoms with Gasteiger partial charge in [-0.05, 0) is 38.2 Å². The fourth-order valence-electron chi connectivity index (χ4n) is 1.58. The fraction of sp³-hybridized carbons (Fsp3) is 0.417. The summed E-state index contributed by atoms with van der Waals surface area (Å²) in [7, 11) is 3.77. The molecule has 1 aromatic carbocycles. The zero-order valence-corrected chi connectivity index (χ0v) is 11.1. The van der Waals surface area contributed by atoms with E-state index in [2.05, 4.69) is 15.9 Å². The Labute approximate surface area is 104 Å². The third-order valence-corrected chi connectivity index (χ3v) is 2.86. The molecule has 0 heterocycles. The molecule has 4 heteroatoms. The first kappa shape index (κ1) is 13.2. The number of benzene rings is 1. The van der Waals surface area contributed by atoms with Gasteiger partial charge in [0.15, 0.2) is 0 Å². The lowest BCUT2D eigenvalue weighted by Crippen LogP contribution is -2.29. The van der Waals surface area contributed by atoms with E-state index in [0.717, 1.165) is 10.0 Å². The second-order valence-corrected chi connectivity index (χ2v) is 5.04. The standard InChI is InChI=1S/C12H16BrNO2/c1-14(2)8-10(12(15)16)7-9-3-5-11(13)6-4-9/h3-6,10H,7-8H2,1-2H3,(H,15,16). The lowest BCUT2D eigenvalue weighted by molar-refractivity contribution is -0.142. The summed E-state index contributed by atoms with van der Waals surface area (Å²) >= 11 is 3.36. The van der Waals surface area contributed by atoms with Crippen LogP contribution in [0.25, 0.3) is 0 Å². The van der Waals surface area contributed by atoms with Crippen LogP contribution in [0.3, 0.4) is 0 Å². The number of halogens is 1. The van der Waals surface area contributed by atoms with Crippen molar-refractivity contribution in [2.45, 2.75) is 6.42 Å². The zero-order chi connectivity index (χ0) is 12.1. The van der Waals surface area contributed by atoms with Crippen molar-refractivity contribution in [3.8, 4) is 0 Å². The Morgan fingerprint density at radius 3 is 2.38 bits per heavy atom. The van der Waals surface area contributed by atoms with Gasteiger partial charge >= 0.3 is 5.97 Å². The predicted octanol–water partition coefficient (Wildman–Crippen LogP) is 2.25. The van der Waals surface area contributed by atoms with Crippen LogP contribution in [0.2, 0.25) is 0 Å². The molecule has 0 saturated carbocycles. The third kappa shape index (κ3) is 4.33.